The summed E-state index contributed by atoms with van der Waals surface area (Å²) in [4.78, 5) is 51.5. The number of nitrogens with zero attached hydrogens (tertiary/aromatic N) is 3. The van der Waals surface area contributed by atoms with Crippen molar-refractivity contribution in [3.05, 3.63) is 28.2 Å². The molecule has 0 bridgehead atoms. The summed E-state index contributed by atoms with van der Waals surface area (Å²) in [5, 5.41) is 5.19. The van der Waals surface area contributed by atoms with Crippen LogP contribution in [-0.2, 0) is 23.9 Å². The number of carbonyl (C=O) groups excluding carboxylic acids is 4. The molecule has 0 saturated carbocycles. The Morgan fingerprint density at radius 1 is 1.30 bits per heavy atom. The molecule has 8 nitrogen and oxygen atoms in total. The molecule has 0 aromatic heterocycles. The summed E-state index contributed by atoms with van der Waals surface area (Å²) in [6.07, 6.45) is 0. The lowest BCUT2D eigenvalue weighted by Gasteiger charge is -2.28. The van der Waals surface area contributed by atoms with E-state index in [4.69, 9.17) is 27.9 Å². The molecule has 2 heterocycles. The normalized spacial score (nSPS) is 24.2. The van der Waals surface area contributed by atoms with Gasteiger partial charge in [0.1, 0.15) is 5.92 Å². The van der Waals surface area contributed by atoms with E-state index in [0.29, 0.717) is 5.02 Å². The highest BCUT2D eigenvalue weighted by Crippen LogP contribution is 2.45. The van der Waals surface area contributed by atoms with Crippen LogP contribution in [-0.4, -0.2) is 46.6 Å². The van der Waals surface area contributed by atoms with Crippen molar-refractivity contribution in [2.24, 2.45) is 11.0 Å². The predicted molar refractivity (Wildman–Crippen MR) is 97.4 cm³/mol. The SMILES string of the molecule is CCOC(=O)C1=NN(C(C)=O)C2(C)C(=O)N(c3ccc(Cl)cc3Cl)C(=O)C12. The molecule has 3 rings (SSSR count). The van der Waals surface area contributed by atoms with Crippen molar-refractivity contribution >= 4 is 58.3 Å². The maximum Gasteiger partial charge on any atom is 0.355 e. The molecule has 0 spiro atoms. The van der Waals surface area contributed by atoms with E-state index in [1.807, 2.05) is 0 Å². The van der Waals surface area contributed by atoms with Crippen molar-refractivity contribution < 1.29 is 23.9 Å². The van der Waals surface area contributed by atoms with Gasteiger partial charge in [-0.25, -0.2) is 14.7 Å². The number of carbonyl (C=O) groups is 4. The molecule has 2 atom stereocenters. The number of esters is 1. The topological polar surface area (TPSA) is 96.3 Å². The third-order valence-electron chi connectivity index (χ3n) is 4.52. The molecule has 1 fully saturated rings. The summed E-state index contributed by atoms with van der Waals surface area (Å²) in [6, 6.07) is 4.28. The lowest BCUT2D eigenvalue weighted by Crippen LogP contribution is -2.52. The van der Waals surface area contributed by atoms with Gasteiger partial charge in [0.25, 0.3) is 5.91 Å². The third kappa shape index (κ3) is 2.71. The Morgan fingerprint density at radius 3 is 2.52 bits per heavy atom. The van der Waals surface area contributed by atoms with Gasteiger partial charge in [-0.15, -0.1) is 0 Å². The molecular formula is C17H15Cl2N3O5. The summed E-state index contributed by atoms with van der Waals surface area (Å²) in [5.41, 5.74) is -1.87. The fourth-order valence-electron chi connectivity index (χ4n) is 3.34. The average Bonchev–Trinajstić information content (AvgIpc) is 3.00. The molecule has 0 aliphatic carbocycles. The summed E-state index contributed by atoms with van der Waals surface area (Å²) in [5.74, 6) is -4.18. The highest BCUT2D eigenvalue weighted by molar-refractivity contribution is 6.48. The molecule has 10 heteroatoms. The van der Waals surface area contributed by atoms with Crippen LogP contribution in [0.3, 0.4) is 0 Å². The summed E-state index contributed by atoms with van der Waals surface area (Å²) < 4.78 is 4.94. The van der Waals surface area contributed by atoms with Crippen molar-refractivity contribution in [1.82, 2.24) is 5.01 Å². The third-order valence-corrected chi connectivity index (χ3v) is 5.06. The van der Waals surface area contributed by atoms with Gasteiger partial charge in [0.15, 0.2) is 11.3 Å². The Morgan fingerprint density at radius 2 is 1.96 bits per heavy atom. The first-order valence-electron chi connectivity index (χ1n) is 8.04. The number of amides is 3. The lowest BCUT2D eigenvalue weighted by atomic mass is 9.85. The van der Waals surface area contributed by atoms with Gasteiger partial charge in [-0.3, -0.25) is 14.4 Å². The molecule has 2 aliphatic heterocycles. The van der Waals surface area contributed by atoms with Crippen LogP contribution >= 0.6 is 23.2 Å². The molecule has 2 aliphatic rings. The number of rotatable bonds is 3. The average molecular weight is 412 g/mol. The zero-order chi connectivity index (χ0) is 20.1. The van der Waals surface area contributed by atoms with E-state index in [0.717, 1.165) is 9.91 Å². The maximum absolute atomic E-state index is 13.2. The number of imide groups is 1. The van der Waals surface area contributed by atoms with Gasteiger partial charge >= 0.3 is 5.97 Å². The first-order valence-corrected chi connectivity index (χ1v) is 8.80. The fraction of sp³-hybridized carbons (Fsp3) is 0.353. The van der Waals surface area contributed by atoms with E-state index < -0.39 is 35.1 Å². The fourth-order valence-corrected chi connectivity index (χ4v) is 3.83. The number of hydrogen-bond acceptors (Lipinski definition) is 6. The molecule has 27 heavy (non-hydrogen) atoms. The molecule has 0 radical (unpaired) electrons. The van der Waals surface area contributed by atoms with Crippen molar-refractivity contribution in [2.75, 3.05) is 11.5 Å². The minimum atomic E-state index is -1.69. The number of halogens is 2. The smallest absolute Gasteiger partial charge is 0.355 e. The van der Waals surface area contributed by atoms with Gasteiger partial charge in [-0.2, -0.15) is 5.10 Å². The van der Waals surface area contributed by atoms with Gasteiger partial charge in [-0.1, -0.05) is 23.2 Å². The van der Waals surface area contributed by atoms with Gasteiger partial charge < -0.3 is 4.74 Å². The predicted octanol–water partition coefficient (Wildman–Crippen LogP) is 2.02. The summed E-state index contributed by atoms with van der Waals surface area (Å²) in [7, 11) is 0. The minimum Gasteiger partial charge on any atom is -0.461 e. The molecule has 1 aromatic carbocycles. The van der Waals surface area contributed by atoms with Gasteiger partial charge in [0.05, 0.1) is 17.3 Å². The molecule has 1 aromatic rings. The summed E-state index contributed by atoms with van der Waals surface area (Å²) in [6.45, 7) is 4.22. The monoisotopic (exact) mass is 411 g/mol. The van der Waals surface area contributed by atoms with E-state index in [1.54, 1.807) is 6.92 Å². The largest absolute Gasteiger partial charge is 0.461 e. The van der Waals surface area contributed by atoms with Crippen molar-refractivity contribution in [3.8, 4) is 0 Å². The van der Waals surface area contributed by atoms with Crippen molar-refractivity contribution in [2.45, 2.75) is 26.3 Å². The summed E-state index contributed by atoms with van der Waals surface area (Å²) >= 11 is 12.0. The molecule has 1 saturated heterocycles. The van der Waals surface area contributed by atoms with Crippen molar-refractivity contribution in [1.29, 1.82) is 0 Å². The quantitative estimate of drug-likeness (QED) is 0.559. The van der Waals surface area contributed by atoms with Crippen LogP contribution in [0.25, 0.3) is 0 Å². The molecule has 0 N–H and O–H groups in total. The highest BCUT2D eigenvalue weighted by Gasteiger charge is 2.68. The van der Waals surface area contributed by atoms with E-state index >= 15 is 0 Å². The first-order chi connectivity index (χ1) is 12.6. The maximum atomic E-state index is 13.2. The highest BCUT2D eigenvalue weighted by atomic mass is 35.5. The molecule has 142 valence electrons. The second kappa shape index (κ2) is 6.61. The van der Waals surface area contributed by atoms with E-state index in [2.05, 4.69) is 5.10 Å². The van der Waals surface area contributed by atoms with Crippen LogP contribution in [0, 0.1) is 5.92 Å². The lowest BCUT2D eigenvalue weighted by molar-refractivity contribution is -0.142. The second-order valence-corrected chi connectivity index (χ2v) is 7.04. The minimum absolute atomic E-state index is 0.0518. The molecular weight excluding hydrogens is 397 g/mol. The Hall–Kier alpha value is -2.45. The van der Waals surface area contributed by atoms with Crippen LogP contribution in [0.1, 0.15) is 20.8 Å². The van der Waals surface area contributed by atoms with Crippen LogP contribution in [0.5, 0.6) is 0 Å². The van der Waals surface area contributed by atoms with Crippen LogP contribution in [0.4, 0.5) is 5.69 Å². The number of benzene rings is 1. The van der Waals surface area contributed by atoms with Gasteiger partial charge in [0.2, 0.25) is 11.8 Å². The number of fused-ring (bicyclic) bond motifs is 1. The zero-order valence-corrected chi connectivity index (χ0v) is 16.2. The number of hydrazone groups is 1. The Labute approximate surface area is 164 Å². The second-order valence-electron chi connectivity index (χ2n) is 6.19. The molecule has 3 amide bonds. The van der Waals surface area contributed by atoms with Crippen LogP contribution in [0.15, 0.2) is 23.3 Å². The van der Waals surface area contributed by atoms with Crippen molar-refractivity contribution in [3.63, 3.8) is 0 Å². The number of anilines is 1. The van der Waals surface area contributed by atoms with Crippen LogP contribution < -0.4 is 4.90 Å². The Bertz CT molecular complexity index is 916. The Balaban J connectivity index is 2.14. The van der Waals surface area contributed by atoms with E-state index in [-0.39, 0.29) is 23.0 Å². The van der Waals surface area contributed by atoms with Gasteiger partial charge in [0, 0.05) is 11.9 Å². The van der Waals surface area contributed by atoms with E-state index in [1.165, 1.54) is 32.0 Å². The standard InChI is InChI=1S/C17H15Cl2N3O5/c1-4-27-15(25)13-12-14(24)21(11-6-5-9(18)7-10(11)19)16(26)17(12,3)22(20-13)8(2)23/h5-7,12H,4H2,1-3H3. The molecule has 2 unspecified atom stereocenters. The van der Waals surface area contributed by atoms with E-state index in [9.17, 15) is 19.2 Å². The Kier molecular flexibility index (Phi) is 4.73. The van der Waals surface area contributed by atoms with Crippen LogP contribution in [0.2, 0.25) is 10.0 Å². The van der Waals surface area contributed by atoms with Gasteiger partial charge in [-0.05, 0) is 32.0 Å². The first kappa shape index (κ1) is 19.3. The zero-order valence-electron chi connectivity index (χ0n) is 14.7. The number of ether oxygens (including phenoxy) is 1. The number of hydrogen-bond donors (Lipinski definition) is 0.